The molecule has 0 amide bonds. The standard InChI is InChI=1S/C22H20F2N4O5S2/c1-2-33-20(28-22-27-18(11-34-22)21(29)30)15(19(25)13-5-8-16(23)17(24)10-13)9-12-3-6-14(7-4-12)35(26,31)32/h3-8,10-11,25H,2,9H2,1H3,(H,27,28)(H,29,30)(H2,26,31,32)/b20-15+,25-19?. The predicted molar refractivity (Wildman–Crippen MR) is 126 cm³/mol. The molecule has 0 atom stereocenters. The summed E-state index contributed by atoms with van der Waals surface area (Å²) in [4.78, 5) is 15.0. The first-order chi connectivity index (χ1) is 16.5. The van der Waals surface area contributed by atoms with Crippen LogP contribution in [0, 0.1) is 17.0 Å². The smallest absolute Gasteiger partial charge is 0.355 e. The van der Waals surface area contributed by atoms with Crippen molar-refractivity contribution in [1.82, 2.24) is 4.98 Å². The van der Waals surface area contributed by atoms with Gasteiger partial charge in [-0.15, -0.1) is 11.3 Å². The summed E-state index contributed by atoms with van der Waals surface area (Å²) < 4.78 is 56.2. The monoisotopic (exact) mass is 522 g/mol. The SMILES string of the molecule is CCO/C(Nc1nc(C(=O)O)cs1)=C(\Cc1ccc(S(N)(=O)=O)cc1)C(=N)c1ccc(F)c(F)c1. The van der Waals surface area contributed by atoms with Crippen LogP contribution < -0.4 is 10.5 Å². The highest BCUT2D eigenvalue weighted by Gasteiger charge is 2.20. The van der Waals surface area contributed by atoms with Gasteiger partial charge in [0.1, 0.15) is 0 Å². The first kappa shape index (κ1) is 25.9. The summed E-state index contributed by atoms with van der Waals surface area (Å²) in [6, 6.07) is 8.60. The van der Waals surface area contributed by atoms with E-state index in [-0.39, 0.29) is 51.5 Å². The lowest BCUT2D eigenvalue weighted by Gasteiger charge is -2.18. The van der Waals surface area contributed by atoms with E-state index >= 15 is 0 Å². The minimum Gasteiger partial charge on any atom is -0.479 e. The van der Waals surface area contributed by atoms with E-state index in [0.717, 1.165) is 23.5 Å². The number of carboxylic acids is 1. The van der Waals surface area contributed by atoms with E-state index in [1.54, 1.807) is 6.92 Å². The number of carboxylic acid groups (broad SMARTS) is 1. The second-order valence-corrected chi connectivity index (χ2v) is 9.50. The maximum atomic E-state index is 13.9. The van der Waals surface area contributed by atoms with E-state index in [0.29, 0.717) is 5.56 Å². The van der Waals surface area contributed by atoms with Crippen LogP contribution in [-0.2, 0) is 21.2 Å². The van der Waals surface area contributed by atoms with Crippen molar-refractivity contribution in [3.05, 3.63) is 87.8 Å². The molecule has 0 bridgehead atoms. The van der Waals surface area contributed by atoms with Gasteiger partial charge in [0.25, 0.3) is 0 Å². The van der Waals surface area contributed by atoms with Gasteiger partial charge in [0.05, 0.1) is 17.2 Å². The van der Waals surface area contributed by atoms with Gasteiger partial charge in [-0.1, -0.05) is 12.1 Å². The van der Waals surface area contributed by atoms with Gasteiger partial charge < -0.3 is 15.2 Å². The maximum Gasteiger partial charge on any atom is 0.355 e. The Morgan fingerprint density at radius 1 is 1.20 bits per heavy atom. The van der Waals surface area contributed by atoms with Crippen LogP contribution >= 0.6 is 11.3 Å². The average molecular weight is 523 g/mol. The molecule has 0 fully saturated rings. The number of aromatic carboxylic acids is 1. The Balaban J connectivity index is 2.08. The number of primary sulfonamides is 1. The quantitative estimate of drug-likeness (QED) is 0.233. The van der Waals surface area contributed by atoms with Crippen molar-refractivity contribution >= 4 is 38.2 Å². The summed E-state index contributed by atoms with van der Waals surface area (Å²) in [5.41, 5.74) is 0.427. The number of rotatable bonds is 10. The molecule has 1 heterocycles. The first-order valence-electron chi connectivity index (χ1n) is 9.97. The molecule has 1 aromatic heterocycles. The van der Waals surface area contributed by atoms with E-state index in [4.69, 9.17) is 20.4 Å². The van der Waals surface area contributed by atoms with Crippen molar-refractivity contribution < 1.29 is 31.8 Å². The first-order valence-corrected chi connectivity index (χ1v) is 12.4. The number of nitrogens with two attached hydrogens (primary N) is 1. The fraction of sp³-hybridized carbons (Fsp3) is 0.136. The normalized spacial score (nSPS) is 12.1. The molecule has 0 spiro atoms. The molecule has 0 unspecified atom stereocenters. The third-order valence-corrected chi connectivity index (χ3v) is 6.34. The Morgan fingerprint density at radius 3 is 2.43 bits per heavy atom. The van der Waals surface area contributed by atoms with E-state index in [2.05, 4.69) is 10.3 Å². The summed E-state index contributed by atoms with van der Waals surface area (Å²) in [6.07, 6.45) is 0.0161. The molecule has 184 valence electrons. The average Bonchev–Trinajstić information content (AvgIpc) is 3.27. The minimum atomic E-state index is -3.91. The van der Waals surface area contributed by atoms with Crippen LogP contribution in [-0.4, -0.2) is 36.8 Å². The molecule has 3 rings (SSSR count). The molecule has 35 heavy (non-hydrogen) atoms. The Kier molecular flexibility index (Phi) is 7.94. The summed E-state index contributed by atoms with van der Waals surface area (Å²) in [7, 11) is -3.91. The summed E-state index contributed by atoms with van der Waals surface area (Å²) in [5, 5.41) is 27.3. The summed E-state index contributed by atoms with van der Waals surface area (Å²) in [5.74, 6) is -3.39. The molecule has 0 saturated heterocycles. The number of hydrogen-bond donors (Lipinski definition) is 4. The number of thiazole rings is 1. The Hall–Kier alpha value is -3.68. The van der Waals surface area contributed by atoms with Crippen molar-refractivity contribution in [3.8, 4) is 0 Å². The van der Waals surface area contributed by atoms with Crippen LogP contribution in [0.1, 0.15) is 28.5 Å². The molecule has 2 aromatic carbocycles. The molecule has 0 aliphatic rings. The highest BCUT2D eigenvalue weighted by molar-refractivity contribution is 7.89. The molecule has 0 saturated carbocycles. The van der Waals surface area contributed by atoms with Gasteiger partial charge in [-0.25, -0.2) is 32.1 Å². The Labute approximate surface area is 203 Å². The Morgan fingerprint density at radius 2 is 1.89 bits per heavy atom. The summed E-state index contributed by atoms with van der Waals surface area (Å²) >= 11 is 0.995. The number of allylic oxidation sites excluding steroid dienone is 1. The number of halogens is 2. The zero-order chi connectivity index (χ0) is 25.8. The van der Waals surface area contributed by atoms with E-state index in [9.17, 15) is 22.0 Å². The van der Waals surface area contributed by atoms with Crippen LogP contribution in [0.5, 0.6) is 0 Å². The molecule has 13 heteroatoms. The lowest BCUT2D eigenvalue weighted by molar-refractivity contribution is 0.0691. The fourth-order valence-electron chi connectivity index (χ4n) is 2.98. The predicted octanol–water partition coefficient (Wildman–Crippen LogP) is 3.74. The molecule has 3 aromatic rings. The second kappa shape index (κ2) is 10.7. The van der Waals surface area contributed by atoms with Gasteiger partial charge in [-0.3, -0.25) is 5.41 Å². The molecule has 0 aliphatic carbocycles. The van der Waals surface area contributed by atoms with Gasteiger partial charge in [0.2, 0.25) is 10.0 Å². The molecular weight excluding hydrogens is 502 g/mol. The number of carbonyl (C=O) groups is 1. The van der Waals surface area contributed by atoms with Crippen molar-refractivity contribution in [2.45, 2.75) is 18.2 Å². The van der Waals surface area contributed by atoms with Crippen molar-refractivity contribution in [2.24, 2.45) is 5.14 Å². The van der Waals surface area contributed by atoms with Gasteiger partial charge in [0.15, 0.2) is 28.3 Å². The molecule has 5 N–H and O–H groups in total. The highest BCUT2D eigenvalue weighted by Crippen LogP contribution is 2.24. The molecular formula is C22H20F2N4O5S2. The van der Waals surface area contributed by atoms with Crippen LogP contribution in [0.2, 0.25) is 0 Å². The summed E-state index contributed by atoms with van der Waals surface area (Å²) in [6.45, 7) is 1.84. The van der Waals surface area contributed by atoms with Crippen LogP contribution in [0.4, 0.5) is 13.9 Å². The Bertz CT molecular complexity index is 1400. The fourth-order valence-corrected chi connectivity index (χ4v) is 4.17. The van der Waals surface area contributed by atoms with Gasteiger partial charge >= 0.3 is 5.97 Å². The van der Waals surface area contributed by atoms with Crippen LogP contribution in [0.25, 0.3) is 0 Å². The molecule has 0 aliphatic heterocycles. The maximum absolute atomic E-state index is 13.9. The third-order valence-electron chi connectivity index (χ3n) is 4.65. The number of ether oxygens (including phenoxy) is 1. The van der Waals surface area contributed by atoms with Crippen LogP contribution in [0.3, 0.4) is 0 Å². The molecule has 0 radical (unpaired) electrons. The lowest BCUT2D eigenvalue weighted by atomic mass is 9.96. The number of nitrogens with zero attached hydrogens (tertiary/aromatic N) is 1. The number of hydrogen-bond acceptors (Lipinski definition) is 8. The number of benzene rings is 2. The number of aromatic nitrogens is 1. The van der Waals surface area contributed by atoms with Crippen LogP contribution in [0.15, 0.2) is 64.2 Å². The number of nitrogens with one attached hydrogen (secondary N) is 2. The molecule has 9 nitrogen and oxygen atoms in total. The lowest BCUT2D eigenvalue weighted by Crippen LogP contribution is -2.17. The minimum absolute atomic E-state index is 0.0161. The van der Waals surface area contributed by atoms with E-state index < -0.39 is 27.6 Å². The van der Waals surface area contributed by atoms with Gasteiger partial charge in [0, 0.05) is 22.9 Å². The highest BCUT2D eigenvalue weighted by atomic mass is 32.2. The number of sulfonamides is 1. The van der Waals surface area contributed by atoms with Crippen molar-refractivity contribution in [3.63, 3.8) is 0 Å². The van der Waals surface area contributed by atoms with Crippen molar-refractivity contribution in [1.29, 1.82) is 5.41 Å². The topological polar surface area (TPSA) is 155 Å². The van der Waals surface area contributed by atoms with Gasteiger partial charge in [-0.2, -0.15) is 0 Å². The zero-order valence-corrected chi connectivity index (χ0v) is 19.8. The second-order valence-electron chi connectivity index (χ2n) is 7.08. The van der Waals surface area contributed by atoms with Crippen molar-refractivity contribution in [2.75, 3.05) is 11.9 Å². The third kappa shape index (κ3) is 6.47. The number of anilines is 1. The van der Waals surface area contributed by atoms with E-state index in [1.807, 2.05) is 0 Å². The largest absolute Gasteiger partial charge is 0.479 e. The zero-order valence-electron chi connectivity index (χ0n) is 18.2. The van der Waals surface area contributed by atoms with E-state index in [1.165, 1.54) is 35.7 Å². The van der Waals surface area contributed by atoms with Gasteiger partial charge in [-0.05, 0) is 42.8 Å².